The van der Waals surface area contributed by atoms with E-state index in [0.717, 1.165) is 0 Å². The molecule has 0 saturated heterocycles. The molecule has 0 amide bonds. The molecule has 0 aromatic carbocycles. The highest BCUT2D eigenvalue weighted by Crippen LogP contribution is 2.57. The maximum Gasteiger partial charge on any atom is 0.525 e. The van der Waals surface area contributed by atoms with Crippen molar-refractivity contribution in [1.29, 1.82) is 0 Å². The number of aliphatic carboxylic acids is 1. The van der Waals surface area contributed by atoms with Crippen molar-refractivity contribution in [3.05, 3.63) is 0 Å². The average Bonchev–Trinajstić information content (AvgIpc) is 2.48. The molecule has 5 nitrogen and oxygen atoms in total. The molecule has 24 heteroatoms. The molecule has 204 valence electrons. The van der Waals surface area contributed by atoms with E-state index in [0.29, 0.717) is 0 Å². The highest BCUT2D eigenvalue weighted by molar-refractivity contribution is 5.76. The molecule has 0 radical (unpaired) electrons. The van der Waals surface area contributed by atoms with Crippen LogP contribution in [0.1, 0.15) is 0 Å². The highest BCUT2D eigenvalue weighted by Gasteiger charge is 2.86. The van der Waals surface area contributed by atoms with Crippen LogP contribution in [0, 0.1) is 0 Å². The predicted octanol–water partition coefficient (Wildman–Crippen LogP) is 5.51. The van der Waals surface area contributed by atoms with Crippen LogP contribution in [0.4, 0.5) is 83.4 Å². The van der Waals surface area contributed by atoms with E-state index >= 15 is 0 Å². The van der Waals surface area contributed by atoms with Crippen molar-refractivity contribution in [3.63, 3.8) is 0 Å². The van der Waals surface area contributed by atoms with Crippen molar-refractivity contribution >= 4 is 5.97 Å². The van der Waals surface area contributed by atoms with E-state index in [1.165, 1.54) is 14.2 Å². The lowest BCUT2D eigenvalue weighted by atomic mass is 10.2. The molecule has 3 atom stereocenters. The van der Waals surface area contributed by atoms with E-state index in [1.807, 2.05) is 0 Å². The van der Waals surface area contributed by atoms with Crippen molar-refractivity contribution in [2.45, 2.75) is 54.7 Å². The zero-order chi connectivity index (χ0) is 28.2. The number of ether oxygens (including phenoxy) is 3. The summed E-state index contributed by atoms with van der Waals surface area (Å²) in [6.07, 6.45) is -47.1. The lowest BCUT2D eigenvalue weighted by Gasteiger charge is -2.41. The smallest absolute Gasteiger partial charge is 0.477 e. The number of rotatable bonds is 8. The van der Waals surface area contributed by atoms with E-state index in [4.69, 9.17) is 5.11 Å². The molecular weight excluding hydrogens is 561 g/mol. The summed E-state index contributed by atoms with van der Waals surface area (Å²) in [4.78, 5) is 10.2. The van der Waals surface area contributed by atoms with Crippen molar-refractivity contribution < 1.29 is 108 Å². The fraction of sp³-hybridized carbons (Fsp3) is 0.900. The van der Waals surface area contributed by atoms with E-state index < -0.39 is 60.6 Å². The van der Waals surface area contributed by atoms with Gasteiger partial charge >= 0.3 is 60.6 Å². The normalized spacial score (nSPS) is 20.3. The number of hydrogen-bond donors (Lipinski definition) is 1. The molecule has 0 rings (SSSR count). The molecule has 0 bridgehead atoms. The Morgan fingerprint density at radius 1 is 0.471 bits per heavy atom. The number of carboxylic acid groups (broad SMARTS) is 1. The minimum absolute atomic E-state index is 1.18. The maximum absolute atomic E-state index is 13.8. The van der Waals surface area contributed by atoms with Gasteiger partial charge in [0, 0.05) is 0 Å². The van der Waals surface area contributed by atoms with Crippen LogP contribution >= 0.6 is 0 Å². The van der Waals surface area contributed by atoms with Gasteiger partial charge in [0.2, 0.25) is 0 Å². The Bertz CT molecular complexity index is 751. The van der Waals surface area contributed by atoms with Crippen molar-refractivity contribution in [3.8, 4) is 0 Å². The Balaban J connectivity index is 6.93. The minimum atomic E-state index is -8.32. The second kappa shape index (κ2) is 8.30. The molecule has 34 heavy (non-hydrogen) atoms. The van der Waals surface area contributed by atoms with Gasteiger partial charge in [0.15, 0.2) is 0 Å². The topological polar surface area (TPSA) is 65.0 Å². The summed E-state index contributed by atoms with van der Waals surface area (Å²) in [5.74, 6) is -27.9. The first-order valence-electron chi connectivity index (χ1n) is 6.74. The molecule has 0 fully saturated rings. The van der Waals surface area contributed by atoms with Gasteiger partial charge in [0.05, 0.1) is 0 Å². The molecular formula is C10HF19O5. The molecule has 1 N–H and O–H groups in total. The Labute approximate surface area is 169 Å². The van der Waals surface area contributed by atoms with E-state index in [2.05, 4.69) is 0 Å². The molecule has 0 aliphatic carbocycles. The Morgan fingerprint density at radius 2 is 0.765 bits per heavy atom. The molecule has 3 unspecified atom stereocenters. The second-order valence-corrected chi connectivity index (χ2v) is 5.37. The fourth-order valence-corrected chi connectivity index (χ4v) is 1.43. The number of carbonyl (C=O) groups is 1. The zero-order valence-corrected chi connectivity index (χ0v) is 14.3. The Morgan fingerprint density at radius 3 is 1.00 bits per heavy atom. The summed E-state index contributed by atoms with van der Waals surface area (Å²) < 4.78 is 245. The van der Waals surface area contributed by atoms with Gasteiger partial charge in [-0.3, -0.25) is 9.47 Å². The average molecular weight is 562 g/mol. The number of alkyl halides is 19. The van der Waals surface area contributed by atoms with Crippen LogP contribution in [0.2, 0.25) is 0 Å². The fourth-order valence-electron chi connectivity index (χ4n) is 1.43. The third kappa shape index (κ3) is 5.63. The predicted molar refractivity (Wildman–Crippen MR) is 56.5 cm³/mol. The van der Waals surface area contributed by atoms with Crippen LogP contribution in [0.5, 0.6) is 0 Å². The van der Waals surface area contributed by atoms with Gasteiger partial charge < -0.3 is 5.11 Å². The maximum atomic E-state index is 13.8. The Kier molecular flexibility index (Phi) is 7.82. The van der Waals surface area contributed by atoms with Gasteiger partial charge in [-0.1, -0.05) is 0 Å². The lowest BCUT2D eigenvalue weighted by Crippen LogP contribution is -2.69. The van der Waals surface area contributed by atoms with E-state index in [-0.39, 0.29) is 0 Å². The number of hydrogen-bond acceptors (Lipinski definition) is 4. The van der Waals surface area contributed by atoms with Crippen LogP contribution in [0.25, 0.3) is 0 Å². The van der Waals surface area contributed by atoms with Crippen molar-refractivity contribution in [2.75, 3.05) is 0 Å². The van der Waals surface area contributed by atoms with Crippen LogP contribution in [0.15, 0.2) is 0 Å². The quantitative estimate of drug-likeness (QED) is 0.396. The number of halogens is 19. The SMILES string of the molecule is O=C(O)C(F)(OC(F)(F)C(F)(OC(F)(F)C(F)(OC(F)(F)F)C(F)(F)F)C(F)(F)F)C(F)(F)F. The zero-order valence-electron chi connectivity index (χ0n) is 14.3. The van der Waals surface area contributed by atoms with Gasteiger partial charge in [-0.2, -0.15) is 70.2 Å². The lowest BCUT2D eigenvalue weighted by molar-refractivity contribution is -0.574. The summed E-state index contributed by atoms with van der Waals surface area (Å²) in [7, 11) is 0. The van der Waals surface area contributed by atoms with Crippen LogP contribution < -0.4 is 0 Å². The first-order valence-corrected chi connectivity index (χ1v) is 6.74. The number of carboxylic acids is 1. The van der Waals surface area contributed by atoms with Crippen LogP contribution in [-0.4, -0.2) is 65.7 Å². The highest BCUT2D eigenvalue weighted by atomic mass is 19.4. The monoisotopic (exact) mass is 562 g/mol. The third-order valence-electron chi connectivity index (χ3n) is 2.91. The van der Waals surface area contributed by atoms with Gasteiger partial charge in [-0.05, 0) is 0 Å². The van der Waals surface area contributed by atoms with Gasteiger partial charge in [0.1, 0.15) is 0 Å². The first-order chi connectivity index (χ1) is 14.3. The van der Waals surface area contributed by atoms with Crippen molar-refractivity contribution in [1.82, 2.24) is 0 Å². The molecule has 0 spiro atoms. The standard InChI is InChI=1S/C10HF19O5/c11-2(1(30)31,5(14,15)16)32-8(23,24)3(12,6(17,18)19)33-9(25,26)4(13,7(20,21)22)34-10(27,28)29/h(H,30,31). The van der Waals surface area contributed by atoms with Crippen molar-refractivity contribution in [2.24, 2.45) is 0 Å². The molecule has 0 aliphatic heterocycles. The van der Waals surface area contributed by atoms with Gasteiger partial charge in [-0.15, -0.1) is 13.2 Å². The summed E-state index contributed by atoms with van der Waals surface area (Å²) in [6.45, 7) is 0. The molecule has 0 heterocycles. The molecule has 0 aromatic rings. The molecule has 0 saturated carbocycles. The minimum Gasteiger partial charge on any atom is -0.477 e. The second-order valence-electron chi connectivity index (χ2n) is 5.37. The molecule has 0 aromatic heterocycles. The summed E-state index contributed by atoms with van der Waals surface area (Å²) in [5.41, 5.74) is 0. The summed E-state index contributed by atoms with van der Waals surface area (Å²) in [5, 5.41) is 7.90. The van der Waals surface area contributed by atoms with E-state index in [1.54, 1.807) is 0 Å². The summed E-state index contributed by atoms with van der Waals surface area (Å²) >= 11 is 0. The molecule has 0 aliphatic rings. The first kappa shape index (κ1) is 32.0. The van der Waals surface area contributed by atoms with Crippen LogP contribution in [0.3, 0.4) is 0 Å². The van der Waals surface area contributed by atoms with Crippen LogP contribution in [-0.2, 0) is 19.0 Å². The van der Waals surface area contributed by atoms with E-state index in [9.17, 15) is 88.2 Å². The summed E-state index contributed by atoms with van der Waals surface area (Å²) in [6, 6.07) is 0. The van der Waals surface area contributed by atoms with Gasteiger partial charge in [0.25, 0.3) is 0 Å². The third-order valence-corrected chi connectivity index (χ3v) is 2.91. The van der Waals surface area contributed by atoms with Gasteiger partial charge in [-0.25, -0.2) is 9.53 Å². The Hall–Kier alpha value is -1.98. The largest absolute Gasteiger partial charge is 0.525 e.